The zero-order valence-electron chi connectivity index (χ0n) is 11.1. The Balaban J connectivity index is 1.95. The van der Waals surface area contributed by atoms with Crippen molar-refractivity contribution in [1.29, 1.82) is 0 Å². The lowest BCUT2D eigenvalue weighted by atomic mass is 10.2. The minimum Gasteiger partial charge on any atom is -0.487 e. The topological polar surface area (TPSA) is 40.6 Å². The van der Waals surface area contributed by atoms with Crippen molar-refractivity contribution < 1.29 is 14.2 Å². The maximum absolute atomic E-state index is 5.66. The first-order chi connectivity index (χ1) is 9.28. The van der Waals surface area contributed by atoms with Crippen molar-refractivity contribution in [2.75, 3.05) is 7.11 Å². The van der Waals surface area contributed by atoms with Gasteiger partial charge in [0.1, 0.15) is 18.1 Å². The van der Waals surface area contributed by atoms with Crippen LogP contribution in [0.15, 0.2) is 48.8 Å². The average molecular weight is 259 g/mol. The minimum absolute atomic E-state index is 0.314. The molecule has 0 N–H and O–H groups in total. The Labute approximate surface area is 113 Å². The highest BCUT2D eigenvalue weighted by atomic mass is 16.7. The Bertz CT molecular complexity index is 502. The molecule has 1 aromatic carbocycles. The molecule has 0 aliphatic heterocycles. The molecule has 0 saturated carbocycles. The van der Waals surface area contributed by atoms with Crippen LogP contribution in [0.25, 0.3) is 0 Å². The maximum Gasteiger partial charge on any atom is 0.196 e. The molecule has 0 aliphatic rings. The van der Waals surface area contributed by atoms with Gasteiger partial charge in [0.15, 0.2) is 6.29 Å². The van der Waals surface area contributed by atoms with Crippen molar-refractivity contribution in [2.45, 2.75) is 19.8 Å². The Morgan fingerprint density at radius 2 is 1.84 bits per heavy atom. The summed E-state index contributed by atoms with van der Waals surface area (Å²) in [6.45, 7) is 2.32. The first-order valence-corrected chi connectivity index (χ1v) is 6.09. The van der Waals surface area contributed by atoms with Crippen LogP contribution < -0.4 is 9.47 Å². The number of hydrogen-bond acceptors (Lipinski definition) is 4. The second-order valence-corrected chi connectivity index (χ2v) is 4.05. The lowest BCUT2D eigenvalue weighted by molar-refractivity contribution is -0.0386. The summed E-state index contributed by atoms with van der Waals surface area (Å²) in [6, 6.07) is 11.8. The predicted octanol–water partition coefficient (Wildman–Crippen LogP) is 3.03. The van der Waals surface area contributed by atoms with E-state index in [4.69, 9.17) is 14.2 Å². The van der Waals surface area contributed by atoms with Crippen LogP contribution in [-0.2, 0) is 11.3 Å². The summed E-state index contributed by atoms with van der Waals surface area (Å²) in [5.74, 6) is 1.30. The summed E-state index contributed by atoms with van der Waals surface area (Å²) in [7, 11) is 1.59. The minimum atomic E-state index is -0.314. The molecule has 4 heteroatoms. The van der Waals surface area contributed by atoms with E-state index in [0.29, 0.717) is 18.1 Å². The van der Waals surface area contributed by atoms with Crippen molar-refractivity contribution in [3.05, 3.63) is 54.4 Å². The lowest BCUT2D eigenvalue weighted by Gasteiger charge is -2.13. The molecule has 0 fully saturated rings. The summed E-state index contributed by atoms with van der Waals surface area (Å²) >= 11 is 0. The maximum atomic E-state index is 5.66. The van der Waals surface area contributed by atoms with E-state index in [1.807, 2.05) is 37.3 Å². The number of rotatable bonds is 6. The summed E-state index contributed by atoms with van der Waals surface area (Å²) in [5, 5.41) is 0. The molecule has 2 aromatic rings. The van der Waals surface area contributed by atoms with Crippen molar-refractivity contribution >= 4 is 0 Å². The standard InChI is InChI=1S/C15H17NO3/c1-12(17-2)19-15-8-14(9-16-10-15)18-11-13-6-4-3-5-7-13/h3-10,12H,11H2,1-2H3. The van der Waals surface area contributed by atoms with Crippen LogP contribution >= 0.6 is 0 Å². The number of nitrogens with zero attached hydrogens (tertiary/aromatic N) is 1. The summed E-state index contributed by atoms with van der Waals surface area (Å²) in [4.78, 5) is 4.08. The van der Waals surface area contributed by atoms with Crippen LogP contribution in [0.5, 0.6) is 11.5 Å². The largest absolute Gasteiger partial charge is 0.487 e. The Morgan fingerprint density at radius 1 is 1.11 bits per heavy atom. The monoisotopic (exact) mass is 259 g/mol. The molecule has 0 bridgehead atoms. The molecule has 1 aromatic heterocycles. The van der Waals surface area contributed by atoms with Crippen LogP contribution in [0.1, 0.15) is 12.5 Å². The van der Waals surface area contributed by atoms with Crippen LogP contribution in [0.3, 0.4) is 0 Å². The zero-order valence-corrected chi connectivity index (χ0v) is 11.1. The van der Waals surface area contributed by atoms with Gasteiger partial charge >= 0.3 is 0 Å². The number of methoxy groups -OCH3 is 1. The molecule has 0 saturated heterocycles. The highest BCUT2D eigenvalue weighted by molar-refractivity contribution is 5.28. The van der Waals surface area contributed by atoms with Gasteiger partial charge in [-0.3, -0.25) is 4.98 Å². The van der Waals surface area contributed by atoms with Crippen LogP contribution in [0, 0.1) is 0 Å². The second kappa shape index (κ2) is 6.75. The van der Waals surface area contributed by atoms with E-state index in [0.717, 1.165) is 5.56 Å². The quantitative estimate of drug-likeness (QED) is 0.748. The van der Waals surface area contributed by atoms with E-state index in [1.54, 1.807) is 25.6 Å². The van der Waals surface area contributed by atoms with E-state index in [2.05, 4.69) is 4.98 Å². The van der Waals surface area contributed by atoms with E-state index in [-0.39, 0.29) is 6.29 Å². The summed E-state index contributed by atoms with van der Waals surface area (Å²) in [6.07, 6.45) is 2.98. The van der Waals surface area contributed by atoms with E-state index >= 15 is 0 Å². The first-order valence-electron chi connectivity index (χ1n) is 6.09. The van der Waals surface area contributed by atoms with E-state index in [1.165, 1.54) is 0 Å². The van der Waals surface area contributed by atoms with Crippen molar-refractivity contribution in [3.8, 4) is 11.5 Å². The van der Waals surface area contributed by atoms with Gasteiger partial charge in [-0.2, -0.15) is 0 Å². The Morgan fingerprint density at radius 3 is 2.58 bits per heavy atom. The fraction of sp³-hybridized carbons (Fsp3) is 0.267. The molecule has 0 radical (unpaired) electrons. The molecular formula is C15H17NO3. The van der Waals surface area contributed by atoms with Crippen LogP contribution in [-0.4, -0.2) is 18.4 Å². The van der Waals surface area contributed by atoms with Gasteiger partial charge in [0.05, 0.1) is 12.4 Å². The number of aromatic nitrogens is 1. The van der Waals surface area contributed by atoms with Gasteiger partial charge in [-0.1, -0.05) is 30.3 Å². The van der Waals surface area contributed by atoms with Crippen molar-refractivity contribution in [2.24, 2.45) is 0 Å². The van der Waals surface area contributed by atoms with Crippen molar-refractivity contribution in [3.63, 3.8) is 0 Å². The molecular weight excluding hydrogens is 242 g/mol. The molecule has 1 unspecified atom stereocenters. The van der Waals surface area contributed by atoms with Crippen LogP contribution in [0.2, 0.25) is 0 Å². The molecule has 1 atom stereocenters. The SMILES string of the molecule is COC(C)Oc1cncc(OCc2ccccc2)c1. The van der Waals surface area contributed by atoms with Gasteiger partial charge in [0, 0.05) is 13.2 Å². The van der Waals surface area contributed by atoms with E-state index < -0.39 is 0 Å². The molecule has 100 valence electrons. The molecule has 1 heterocycles. The van der Waals surface area contributed by atoms with E-state index in [9.17, 15) is 0 Å². The molecule has 19 heavy (non-hydrogen) atoms. The van der Waals surface area contributed by atoms with Crippen molar-refractivity contribution in [1.82, 2.24) is 4.98 Å². The summed E-state index contributed by atoms with van der Waals surface area (Å²) < 4.78 is 16.2. The highest BCUT2D eigenvalue weighted by Crippen LogP contribution is 2.19. The van der Waals surface area contributed by atoms with Gasteiger partial charge in [0.25, 0.3) is 0 Å². The number of ether oxygens (including phenoxy) is 3. The lowest BCUT2D eigenvalue weighted by Crippen LogP contribution is -2.13. The smallest absolute Gasteiger partial charge is 0.196 e. The van der Waals surface area contributed by atoms with Gasteiger partial charge in [-0.25, -0.2) is 0 Å². The number of pyridine rings is 1. The zero-order chi connectivity index (χ0) is 13.5. The molecule has 0 amide bonds. The van der Waals surface area contributed by atoms with Crippen LogP contribution in [0.4, 0.5) is 0 Å². The van der Waals surface area contributed by atoms with Gasteiger partial charge in [0.2, 0.25) is 0 Å². The molecule has 2 rings (SSSR count). The molecule has 4 nitrogen and oxygen atoms in total. The molecule has 0 spiro atoms. The normalized spacial score (nSPS) is 11.9. The third-order valence-corrected chi connectivity index (χ3v) is 2.57. The number of hydrogen-bond donors (Lipinski definition) is 0. The van der Waals surface area contributed by atoms with Gasteiger partial charge < -0.3 is 14.2 Å². The summed E-state index contributed by atoms with van der Waals surface area (Å²) in [5.41, 5.74) is 1.11. The first kappa shape index (κ1) is 13.4. The fourth-order valence-electron chi connectivity index (χ4n) is 1.52. The highest BCUT2D eigenvalue weighted by Gasteiger charge is 2.04. The Kier molecular flexibility index (Phi) is 4.75. The third-order valence-electron chi connectivity index (χ3n) is 2.57. The number of benzene rings is 1. The van der Waals surface area contributed by atoms with Gasteiger partial charge in [-0.05, 0) is 12.5 Å². The third kappa shape index (κ3) is 4.26. The molecule has 0 aliphatic carbocycles. The Hall–Kier alpha value is -2.07. The average Bonchev–Trinajstić information content (AvgIpc) is 2.46. The van der Waals surface area contributed by atoms with Gasteiger partial charge in [-0.15, -0.1) is 0 Å². The fourth-order valence-corrected chi connectivity index (χ4v) is 1.52. The second-order valence-electron chi connectivity index (χ2n) is 4.05. The predicted molar refractivity (Wildman–Crippen MR) is 72.1 cm³/mol.